The number of rotatable bonds is 3. The van der Waals surface area contributed by atoms with Crippen molar-refractivity contribution in [2.45, 2.75) is 38.2 Å². The summed E-state index contributed by atoms with van der Waals surface area (Å²) in [7, 11) is 1.34. The Hall–Kier alpha value is -0.650. The van der Waals surface area contributed by atoms with E-state index in [0.717, 1.165) is 0 Å². The molecule has 1 heterocycles. The van der Waals surface area contributed by atoms with Crippen molar-refractivity contribution >= 4 is 5.97 Å². The largest absolute Gasteiger partial charge is 0.469 e. The summed E-state index contributed by atoms with van der Waals surface area (Å²) >= 11 is 0. The first kappa shape index (κ1) is 11.4. The minimum absolute atomic E-state index is 0.153. The lowest BCUT2D eigenvalue weighted by Gasteiger charge is -2.20. The SMILES string of the molecule is COC(=O)C[C@@H](N)[C@H]1COC(C)(C)O1. The zero-order valence-corrected chi connectivity index (χ0v) is 8.78. The van der Waals surface area contributed by atoms with Crippen molar-refractivity contribution in [1.29, 1.82) is 0 Å². The molecule has 0 aromatic heterocycles. The van der Waals surface area contributed by atoms with Crippen LogP contribution in [0.3, 0.4) is 0 Å². The molecular weight excluding hydrogens is 186 g/mol. The van der Waals surface area contributed by atoms with Crippen LogP contribution in [0.1, 0.15) is 20.3 Å². The first-order valence-electron chi connectivity index (χ1n) is 4.59. The second kappa shape index (κ2) is 4.25. The molecule has 0 radical (unpaired) electrons. The van der Waals surface area contributed by atoms with E-state index in [1.54, 1.807) is 0 Å². The smallest absolute Gasteiger partial charge is 0.307 e. The van der Waals surface area contributed by atoms with E-state index in [0.29, 0.717) is 6.61 Å². The molecule has 5 nitrogen and oxygen atoms in total. The molecule has 1 aliphatic heterocycles. The van der Waals surface area contributed by atoms with Crippen molar-refractivity contribution in [3.05, 3.63) is 0 Å². The van der Waals surface area contributed by atoms with E-state index in [4.69, 9.17) is 15.2 Å². The van der Waals surface area contributed by atoms with Crippen LogP contribution in [0.5, 0.6) is 0 Å². The molecule has 2 atom stereocenters. The lowest BCUT2D eigenvalue weighted by Crippen LogP contribution is -2.39. The van der Waals surface area contributed by atoms with Crippen LogP contribution in [-0.4, -0.2) is 37.6 Å². The Bertz CT molecular complexity index is 217. The van der Waals surface area contributed by atoms with Gasteiger partial charge in [0.2, 0.25) is 0 Å². The predicted molar refractivity (Wildman–Crippen MR) is 49.5 cm³/mol. The Morgan fingerprint density at radius 3 is 2.79 bits per heavy atom. The van der Waals surface area contributed by atoms with Gasteiger partial charge in [0.1, 0.15) is 0 Å². The number of nitrogens with two attached hydrogens (primary N) is 1. The first-order chi connectivity index (χ1) is 6.44. The summed E-state index contributed by atoms with van der Waals surface area (Å²) in [6.07, 6.45) is -0.0789. The lowest BCUT2D eigenvalue weighted by molar-refractivity contribution is -0.148. The van der Waals surface area contributed by atoms with E-state index in [9.17, 15) is 4.79 Å². The molecule has 0 bridgehead atoms. The van der Waals surface area contributed by atoms with Gasteiger partial charge < -0.3 is 19.9 Å². The maximum absolute atomic E-state index is 10.9. The van der Waals surface area contributed by atoms with E-state index < -0.39 is 5.79 Å². The molecule has 0 aliphatic carbocycles. The van der Waals surface area contributed by atoms with Gasteiger partial charge in [-0.2, -0.15) is 0 Å². The molecule has 1 saturated heterocycles. The molecule has 82 valence electrons. The molecule has 0 saturated carbocycles. The van der Waals surface area contributed by atoms with Crippen molar-refractivity contribution < 1.29 is 19.0 Å². The number of ether oxygens (including phenoxy) is 3. The molecule has 2 N–H and O–H groups in total. The topological polar surface area (TPSA) is 70.8 Å². The van der Waals surface area contributed by atoms with Gasteiger partial charge in [-0.3, -0.25) is 4.79 Å². The number of hydrogen-bond donors (Lipinski definition) is 1. The molecule has 0 spiro atoms. The van der Waals surface area contributed by atoms with Crippen LogP contribution in [0.15, 0.2) is 0 Å². The highest BCUT2D eigenvalue weighted by Gasteiger charge is 2.36. The van der Waals surface area contributed by atoms with Gasteiger partial charge in [0, 0.05) is 6.04 Å². The fourth-order valence-electron chi connectivity index (χ4n) is 1.33. The fraction of sp³-hybridized carbons (Fsp3) is 0.889. The maximum Gasteiger partial charge on any atom is 0.307 e. The van der Waals surface area contributed by atoms with Crippen LogP contribution in [0.25, 0.3) is 0 Å². The summed E-state index contributed by atoms with van der Waals surface area (Å²) in [5, 5.41) is 0. The van der Waals surface area contributed by atoms with Crippen molar-refractivity contribution in [2.75, 3.05) is 13.7 Å². The highest BCUT2D eigenvalue weighted by atomic mass is 16.7. The third kappa shape index (κ3) is 2.94. The fourth-order valence-corrected chi connectivity index (χ4v) is 1.33. The third-order valence-corrected chi connectivity index (χ3v) is 2.14. The van der Waals surface area contributed by atoms with Crippen LogP contribution >= 0.6 is 0 Å². The molecule has 0 amide bonds. The minimum atomic E-state index is -0.599. The molecule has 1 rings (SSSR count). The first-order valence-corrected chi connectivity index (χ1v) is 4.59. The van der Waals surface area contributed by atoms with Gasteiger partial charge in [-0.05, 0) is 13.8 Å². The van der Waals surface area contributed by atoms with E-state index in [1.807, 2.05) is 13.8 Å². The maximum atomic E-state index is 10.9. The lowest BCUT2D eigenvalue weighted by atomic mass is 10.1. The van der Waals surface area contributed by atoms with Crippen LogP contribution in [-0.2, 0) is 19.0 Å². The molecule has 14 heavy (non-hydrogen) atoms. The summed E-state index contributed by atoms with van der Waals surface area (Å²) in [5.74, 6) is -0.927. The molecule has 0 unspecified atom stereocenters. The number of esters is 1. The van der Waals surface area contributed by atoms with E-state index in [2.05, 4.69) is 4.74 Å². The molecular formula is C9H17NO4. The number of carbonyl (C=O) groups excluding carboxylic acids is 1. The number of hydrogen-bond acceptors (Lipinski definition) is 5. The monoisotopic (exact) mass is 203 g/mol. The average Bonchev–Trinajstić information content (AvgIpc) is 2.46. The van der Waals surface area contributed by atoms with Gasteiger partial charge >= 0.3 is 5.97 Å². The van der Waals surface area contributed by atoms with Gasteiger partial charge in [-0.15, -0.1) is 0 Å². The molecule has 1 aliphatic rings. The summed E-state index contributed by atoms with van der Waals surface area (Å²) in [6, 6.07) is -0.371. The third-order valence-electron chi connectivity index (χ3n) is 2.14. The Morgan fingerprint density at radius 2 is 2.36 bits per heavy atom. The van der Waals surface area contributed by atoms with Crippen molar-refractivity contribution in [3.8, 4) is 0 Å². The normalized spacial score (nSPS) is 27.3. The van der Waals surface area contributed by atoms with Gasteiger partial charge in [0.05, 0.1) is 26.2 Å². The second-order valence-corrected chi connectivity index (χ2v) is 3.81. The summed E-state index contributed by atoms with van der Waals surface area (Å²) < 4.78 is 15.4. The van der Waals surface area contributed by atoms with Crippen molar-refractivity contribution in [3.63, 3.8) is 0 Å². The predicted octanol–water partition coefficient (Wildman–Crippen LogP) is 0.0283. The van der Waals surface area contributed by atoms with Gasteiger partial charge in [0.25, 0.3) is 0 Å². The van der Waals surface area contributed by atoms with Gasteiger partial charge in [-0.1, -0.05) is 0 Å². The molecule has 5 heteroatoms. The zero-order chi connectivity index (χ0) is 10.8. The molecule has 0 aromatic rings. The highest BCUT2D eigenvalue weighted by molar-refractivity contribution is 5.69. The number of carbonyl (C=O) groups is 1. The second-order valence-electron chi connectivity index (χ2n) is 3.81. The zero-order valence-electron chi connectivity index (χ0n) is 8.78. The summed E-state index contributed by atoms with van der Waals surface area (Å²) in [5.41, 5.74) is 5.77. The van der Waals surface area contributed by atoms with Crippen molar-refractivity contribution in [2.24, 2.45) is 5.73 Å². The molecule has 1 fully saturated rings. The standard InChI is InChI=1S/C9H17NO4/c1-9(2)13-5-7(14-9)6(10)4-8(11)12-3/h6-7H,4-5,10H2,1-3H3/t6-,7-/m1/s1. The summed E-state index contributed by atoms with van der Waals surface area (Å²) in [6.45, 7) is 4.06. The van der Waals surface area contributed by atoms with E-state index >= 15 is 0 Å². The minimum Gasteiger partial charge on any atom is -0.469 e. The van der Waals surface area contributed by atoms with Crippen LogP contribution in [0.2, 0.25) is 0 Å². The van der Waals surface area contributed by atoms with Gasteiger partial charge in [-0.25, -0.2) is 0 Å². The van der Waals surface area contributed by atoms with Crippen molar-refractivity contribution in [1.82, 2.24) is 0 Å². The Kier molecular flexibility index (Phi) is 3.47. The summed E-state index contributed by atoms with van der Waals surface area (Å²) in [4.78, 5) is 10.9. The van der Waals surface area contributed by atoms with E-state index in [-0.39, 0.29) is 24.5 Å². The van der Waals surface area contributed by atoms with Crippen LogP contribution in [0.4, 0.5) is 0 Å². The quantitative estimate of drug-likeness (QED) is 0.655. The average molecular weight is 203 g/mol. The van der Waals surface area contributed by atoms with Gasteiger partial charge in [0.15, 0.2) is 5.79 Å². The van der Waals surface area contributed by atoms with Crippen LogP contribution in [0, 0.1) is 0 Å². The van der Waals surface area contributed by atoms with E-state index in [1.165, 1.54) is 7.11 Å². The Balaban J connectivity index is 2.39. The highest BCUT2D eigenvalue weighted by Crippen LogP contribution is 2.24. The Morgan fingerprint density at radius 1 is 1.71 bits per heavy atom. The number of methoxy groups -OCH3 is 1. The molecule has 0 aromatic carbocycles. The Labute approximate surface area is 83.5 Å². The van der Waals surface area contributed by atoms with Crippen LogP contribution < -0.4 is 5.73 Å².